The van der Waals surface area contributed by atoms with Gasteiger partial charge in [0.05, 0.1) is 34.8 Å². The van der Waals surface area contributed by atoms with Crippen molar-refractivity contribution in [3.63, 3.8) is 0 Å². The van der Waals surface area contributed by atoms with Crippen LogP contribution >= 0.6 is 23.2 Å². The zero-order valence-corrected chi connectivity index (χ0v) is 17.0. The van der Waals surface area contributed by atoms with Crippen LogP contribution in [0.5, 0.6) is 0 Å². The molecular weight excluding hydrogens is 417 g/mol. The molecule has 0 aliphatic rings. The molecule has 0 N–H and O–H groups in total. The van der Waals surface area contributed by atoms with Gasteiger partial charge in [0.1, 0.15) is 5.02 Å². The van der Waals surface area contributed by atoms with Crippen molar-refractivity contribution < 1.29 is 17.9 Å². The molecule has 1 atom stereocenters. The number of carbonyl (C=O) groups excluding carboxylic acids is 1. The summed E-state index contributed by atoms with van der Waals surface area (Å²) in [5.74, 6) is -1.12. The van der Waals surface area contributed by atoms with E-state index in [0.717, 1.165) is 8.99 Å². The fourth-order valence-electron chi connectivity index (χ4n) is 2.30. The van der Waals surface area contributed by atoms with Crippen LogP contribution in [0.1, 0.15) is 6.92 Å². The third-order valence-corrected chi connectivity index (χ3v) is 6.39. The number of nitrogens with zero attached hydrogens (tertiary/aromatic N) is 3. The van der Waals surface area contributed by atoms with Crippen LogP contribution in [0.3, 0.4) is 0 Å². The lowest BCUT2D eigenvalue weighted by Gasteiger charge is -2.20. The van der Waals surface area contributed by atoms with E-state index in [1.807, 2.05) is 0 Å². The zero-order valence-electron chi connectivity index (χ0n) is 14.7. The molecule has 0 bridgehead atoms. The molecule has 0 saturated carbocycles. The monoisotopic (exact) mass is 433 g/mol. The molecule has 146 valence electrons. The van der Waals surface area contributed by atoms with E-state index >= 15 is 0 Å². The van der Waals surface area contributed by atoms with Crippen LogP contribution in [0, 0.1) is 5.92 Å². The third kappa shape index (κ3) is 4.49. The van der Waals surface area contributed by atoms with Gasteiger partial charge in [0.15, 0.2) is 0 Å². The Morgan fingerprint density at radius 3 is 2.44 bits per heavy atom. The maximum absolute atomic E-state index is 12.6. The van der Waals surface area contributed by atoms with Crippen molar-refractivity contribution in [1.29, 1.82) is 0 Å². The molecule has 0 aliphatic heterocycles. The molecule has 1 aromatic heterocycles. The van der Waals surface area contributed by atoms with E-state index < -0.39 is 27.5 Å². The predicted octanol–water partition coefficient (Wildman–Crippen LogP) is 1.97. The van der Waals surface area contributed by atoms with Crippen molar-refractivity contribution in [3.8, 4) is 5.69 Å². The van der Waals surface area contributed by atoms with Gasteiger partial charge < -0.3 is 4.74 Å². The average molecular weight is 434 g/mol. The second kappa shape index (κ2) is 8.39. The molecule has 0 fully saturated rings. The van der Waals surface area contributed by atoms with Crippen molar-refractivity contribution in [2.45, 2.75) is 11.8 Å². The first kappa shape index (κ1) is 21.4. The Bertz CT molecular complexity index is 1010. The predicted molar refractivity (Wildman–Crippen MR) is 101 cm³/mol. The second-order valence-corrected chi connectivity index (χ2v) is 8.56. The van der Waals surface area contributed by atoms with Gasteiger partial charge in [-0.3, -0.25) is 9.59 Å². The fourth-order valence-corrected chi connectivity index (χ4v) is 3.81. The number of rotatable bonds is 6. The van der Waals surface area contributed by atoms with E-state index in [-0.39, 0.29) is 21.5 Å². The number of hydrogen-bond acceptors (Lipinski definition) is 6. The Hall–Kier alpha value is -1.94. The highest BCUT2D eigenvalue weighted by atomic mass is 35.5. The minimum atomic E-state index is -3.83. The van der Waals surface area contributed by atoms with Crippen LogP contribution in [0.2, 0.25) is 10.0 Å². The number of carbonyl (C=O) groups is 1. The molecule has 27 heavy (non-hydrogen) atoms. The Morgan fingerprint density at radius 1 is 1.30 bits per heavy atom. The number of aromatic nitrogens is 2. The molecule has 1 heterocycles. The van der Waals surface area contributed by atoms with E-state index in [0.29, 0.717) is 5.69 Å². The largest absolute Gasteiger partial charge is 0.469 e. The van der Waals surface area contributed by atoms with Crippen LogP contribution in [-0.2, 0) is 19.6 Å². The van der Waals surface area contributed by atoms with E-state index in [1.165, 1.54) is 44.6 Å². The summed E-state index contributed by atoms with van der Waals surface area (Å²) < 4.78 is 32.0. The Morgan fingerprint density at radius 2 is 1.89 bits per heavy atom. The summed E-state index contributed by atoms with van der Waals surface area (Å²) in [6, 6.07) is 5.51. The number of benzene rings is 1. The number of hydrogen-bond donors (Lipinski definition) is 0. The van der Waals surface area contributed by atoms with Crippen molar-refractivity contribution in [2.24, 2.45) is 5.92 Å². The average Bonchev–Trinajstić information content (AvgIpc) is 2.65. The molecule has 0 saturated heterocycles. The minimum Gasteiger partial charge on any atom is -0.469 e. The van der Waals surface area contributed by atoms with Gasteiger partial charge in [0.25, 0.3) is 5.56 Å². The van der Waals surface area contributed by atoms with Crippen LogP contribution in [0.4, 0.5) is 0 Å². The van der Waals surface area contributed by atoms with Gasteiger partial charge in [0.2, 0.25) is 10.0 Å². The summed E-state index contributed by atoms with van der Waals surface area (Å²) in [5, 5.41) is 3.73. The summed E-state index contributed by atoms with van der Waals surface area (Å²) in [4.78, 5) is 23.6. The summed E-state index contributed by atoms with van der Waals surface area (Å²) >= 11 is 11.6. The number of methoxy groups -OCH3 is 1. The molecule has 0 spiro atoms. The number of sulfonamides is 1. The first-order chi connectivity index (χ1) is 12.6. The lowest BCUT2D eigenvalue weighted by atomic mass is 10.2. The summed E-state index contributed by atoms with van der Waals surface area (Å²) in [7, 11) is -1.22. The topological polar surface area (TPSA) is 98.6 Å². The van der Waals surface area contributed by atoms with Crippen molar-refractivity contribution >= 4 is 39.2 Å². The molecule has 0 amide bonds. The second-order valence-electron chi connectivity index (χ2n) is 5.73. The molecule has 8 nitrogen and oxygen atoms in total. The normalized spacial score (nSPS) is 12.8. The van der Waals surface area contributed by atoms with Crippen LogP contribution in [-0.4, -0.2) is 49.2 Å². The molecule has 2 rings (SSSR count). The maximum Gasteiger partial charge on any atom is 0.309 e. The standard InChI is InChI=1S/C16H17Cl2N3O5S/c1-10(16(23)26-3)9-20(2)27(24,25)12-6-4-11(5-7-12)21-15(22)14(18)13(17)8-19-21/h4-8,10H,9H2,1-3H3. The van der Waals surface area contributed by atoms with E-state index in [4.69, 9.17) is 23.2 Å². The Labute approximate surface area is 166 Å². The van der Waals surface area contributed by atoms with Gasteiger partial charge in [-0.25, -0.2) is 12.7 Å². The Balaban J connectivity index is 2.30. The first-order valence-electron chi connectivity index (χ1n) is 7.67. The zero-order chi connectivity index (χ0) is 20.4. The van der Waals surface area contributed by atoms with Gasteiger partial charge in [-0.1, -0.05) is 30.1 Å². The van der Waals surface area contributed by atoms with E-state index in [9.17, 15) is 18.0 Å². The van der Waals surface area contributed by atoms with Crippen LogP contribution < -0.4 is 5.56 Å². The Kier molecular flexibility index (Phi) is 6.63. The quantitative estimate of drug-likeness (QED) is 0.645. The summed E-state index contributed by atoms with van der Waals surface area (Å²) in [6.07, 6.45) is 1.22. The van der Waals surface area contributed by atoms with Crippen molar-refractivity contribution in [2.75, 3.05) is 20.7 Å². The fraction of sp³-hybridized carbons (Fsp3) is 0.312. The molecule has 0 radical (unpaired) electrons. The molecule has 0 aliphatic carbocycles. The van der Waals surface area contributed by atoms with Gasteiger partial charge in [-0.05, 0) is 24.3 Å². The van der Waals surface area contributed by atoms with Gasteiger partial charge in [-0.15, -0.1) is 0 Å². The molecule has 11 heteroatoms. The lowest BCUT2D eigenvalue weighted by molar-refractivity contribution is -0.144. The van der Waals surface area contributed by atoms with Crippen molar-refractivity contribution in [3.05, 3.63) is 50.9 Å². The summed E-state index contributed by atoms with van der Waals surface area (Å²) in [5.41, 5.74) is -0.299. The maximum atomic E-state index is 12.6. The van der Waals surface area contributed by atoms with E-state index in [2.05, 4.69) is 9.84 Å². The highest BCUT2D eigenvalue weighted by Crippen LogP contribution is 2.19. The van der Waals surface area contributed by atoms with Crippen LogP contribution in [0.25, 0.3) is 5.69 Å². The van der Waals surface area contributed by atoms with Gasteiger partial charge >= 0.3 is 5.97 Å². The van der Waals surface area contributed by atoms with Gasteiger partial charge in [0, 0.05) is 13.6 Å². The molecule has 2 aromatic rings. The van der Waals surface area contributed by atoms with Crippen molar-refractivity contribution in [1.82, 2.24) is 14.1 Å². The SMILES string of the molecule is COC(=O)C(C)CN(C)S(=O)(=O)c1ccc(-n2ncc(Cl)c(Cl)c2=O)cc1. The molecular formula is C16H17Cl2N3O5S. The smallest absolute Gasteiger partial charge is 0.309 e. The number of esters is 1. The highest BCUT2D eigenvalue weighted by Gasteiger charge is 2.25. The van der Waals surface area contributed by atoms with Crippen LogP contribution in [0.15, 0.2) is 40.2 Å². The third-order valence-electron chi connectivity index (χ3n) is 3.80. The highest BCUT2D eigenvalue weighted by molar-refractivity contribution is 7.89. The number of halogens is 2. The van der Waals surface area contributed by atoms with E-state index in [1.54, 1.807) is 6.92 Å². The number of ether oxygens (including phenoxy) is 1. The lowest BCUT2D eigenvalue weighted by Crippen LogP contribution is -2.34. The molecule has 1 unspecified atom stereocenters. The van der Waals surface area contributed by atoms with Gasteiger partial charge in [-0.2, -0.15) is 9.78 Å². The minimum absolute atomic E-state index is 0.000995. The first-order valence-corrected chi connectivity index (χ1v) is 9.87. The summed E-state index contributed by atoms with van der Waals surface area (Å²) in [6.45, 7) is 1.54. The molecule has 1 aromatic carbocycles.